The topological polar surface area (TPSA) is 154 Å². The summed E-state index contributed by atoms with van der Waals surface area (Å²) in [4.78, 5) is 35.6. The molecule has 0 aliphatic rings. The van der Waals surface area contributed by atoms with Crippen LogP contribution in [0.5, 0.6) is 5.75 Å². The summed E-state index contributed by atoms with van der Waals surface area (Å²) in [5.41, 5.74) is 1.47. The number of aryl methyl sites for hydroxylation is 1. The standard InChI is InChI=1S/C20H22F3N5O2.C5H4F3N3O/c1-3-4-5-6-28-11-26-15-8-12(14(21)7-13(15)20(28)29)18-24-9-16(30-2)19(27-18)25-10-17(22)23;6-5(7,8)3-2(9)1-10-11-4(3)12/h7-9,11,17H,3-6,10H2,1-2H3,(H,24,25,27);1H,(H3,9,11,12). The number of nitrogen functional groups attached to an aromatic ring is 1. The Morgan fingerprint density at radius 3 is 2.48 bits per heavy atom. The molecule has 0 amide bonds. The smallest absolute Gasteiger partial charge is 0.423 e. The molecule has 42 heavy (non-hydrogen) atoms. The van der Waals surface area contributed by atoms with Crippen molar-refractivity contribution in [2.45, 2.75) is 45.3 Å². The maximum Gasteiger partial charge on any atom is 0.423 e. The van der Waals surface area contributed by atoms with E-state index in [1.165, 1.54) is 30.3 Å². The maximum atomic E-state index is 14.8. The SMILES string of the molecule is CCCCCn1cnc2cc(-c3ncc(OC)c(NCC(F)F)n3)c(F)cc2c1=O.Nc1cn[nH]c(=O)c1C(F)(F)F. The summed E-state index contributed by atoms with van der Waals surface area (Å²) in [5.74, 6) is -0.589. The van der Waals surface area contributed by atoms with Crippen molar-refractivity contribution in [1.82, 2.24) is 29.7 Å². The third kappa shape index (κ3) is 7.73. The zero-order chi connectivity index (χ0) is 31.0. The van der Waals surface area contributed by atoms with Crippen LogP contribution in [0.2, 0.25) is 0 Å². The number of hydrogen-bond acceptors (Lipinski definition) is 9. The molecule has 3 heterocycles. The number of methoxy groups -OCH3 is 1. The molecule has 17 heteroatoms. The van der Waals surface area contributed by atoms with Crippen molar-refractivity contribution in [2.75, 3.05) is 24.7 Å². The molecule has 0 fully saturated rings. The van der Waals surface area contributed by atoms with Crippen LogP contribution in [0.1, 0.15) is 31.7 Å². The molecule has 0 saturated heterocycles. The molecule has 0 spiro atoms. The summed E-state index contributed by atoms with van der Waals surface area (Å²) in [6, 6.07) is 2.48. The predicted molar refractivity (Wildman–Crippen MR) is 142 cm³/mol. The molecule has 0 saturated carbocycles. The number of fused-ring (bicyclic) bond motifs is 1. The maximum absolute atomic E-state index is 14.8. The van der Waals surface area contributed by atoms with E-state index in [2.05, 4.69) is 32.3 Å². The molecule has 4 rings (SSSR count). The van der Waals surface area contributed by atoms with Gasteiger partial charge in [-0.2, -0.15) is 18.3 Å². The van der Waals surface area contributed by atoms with Crippen LogP contribution in [-0.2, 0) is 12.7 Å². The average Bonchev–Trinajstić information content (AvgIpc) is 2.92. The minimum Gasteiger partial charge on any atom is -0.491 e. The third-order valence-electron chi connectivity index (χ3n) is 5.72. The summed E-state index contributed by atoms with van der Waals surface area (Å²) >= 11 is 0. The summed E-state index contributed by atoms with van der Waals surface area (Å²) < 4.78 is 82.4. The number of hydrogen-bond donors (Lipinski definition) is 3. The Labute approximate surface area is 233 Å². The van der Waals surface area contributed by atoms with Crippen molar-refractivity contribution in [1.29, 1.82) is 0 Å². The largest absolute Gasteiger partial charge is 0.491 e. The van der Waals surface area contributed by atoms with Crippen molar-refractivity contribution in [3.8, 4) is 17.1 Å². The van der Waals surface area contributed by atoms with Crippen LogP contribution < -0.4 is 26.9 Å². The molecule has 0 aliphatic carbocycles. The number of nitrogens with two attached hydrogens (primary N) is 1. The van der Waals surface area contributed by atoms with Gasteiger partial charge in [-0.25, -0.2) is 33.2 Å². The van der Waals surface area contributed by atoms with Crippen molar-refractivity contribution in [2.24, 2.45) is 0 Å². The second-order valence-corrected chi connectivity index (χ2v) is 8.71. The summed E-state index contributed by atoms with van der Waals surface area (Å²) in [5, 5.41) is 7.34. The van der Waals surface area contributed by atoms with Crippen LogP contribution in [0.15, 0.2) is 40.4 Å². The molecule has 226 valence electrons. The van der Waals surface area contributed by atoms with Gasteiger partial charge >= 0.3 is 6.18 Å². The number of benzene rings is 1. The van der Waals surface area contributed by atoms with Gasteiger partial charge in [-0.3, -0.25) is 14.2 Å². The van der Waals surface area contributed by atoms with Crippen molar-refractivity contribution < 1.29 is 31.1 Å². The van der Waals surface area contributed by atoms with Crippen molar-refractivity contribution >= 4 is 22.4 Å². The number of aromatic amines is 1. The van der Waals surface area contributed by atoms with E-state index < -0.39 is 41.8 Å². The second kappa shape index (κ2) is 13.8. The first-order valence-corrected chi connectivity index (χ1v) is 12.4. The van der Waals surface area contributed by atoms with E-state index in [4.69, 9.17) is 10.5 Å². The van der Waals surface area contributed by atoms with Gasteiger partial charge < -0.3 is 15.8 Å². The lowest BCUT2D eigenvalue weighted by molar-refractivity contribution is -0.138. The summed E-state index contributed by atoms with van der Waals surface area (Å²) in [6.45, 7) is 1.93. The van der Waals surface area contributed by atoms with E-state index in [0.29, 0.717) is 12.1 Å². The number of nitrogens with one attached hydrogen (secondary N) is 2. The fourth-order valence-corrected chi connectivity index (χ4v) is 3.70. The highest BCUT2D eigenvalue weighted by Crippen LogP contribution is 2.30. The van der Waals surface area contributed by atoms with Gasteiger partial charge in [-0.05, 0) is 18.6 Å². The van der Waals surface area contributed by atoms with Gasteiger partial charge in [0.25, 0.3) is 17.5 Å². The lowest BCUT2D eigenvalue weighted by Gasteiger charge is -2.12. The van der Waals surface area contributed by atoms with E-state index >= 15 is 0 Å². The first kappa shape index (κ1) is 31.8. The predicted octanol–water partition coefficient (Wildman–Crippen LogP) is 4.24. The first-order valence-electron chi connectivity index (χ1n) is 12.4. The lowest BCUT2D eigenvalue weighted by Crippen LogP contribution is -2.24. The summed E-state index contributed by atoms with van der Waals surface area (Å²) in [7, 11) is 1.35. The highest BCUT2D eigenvalue weighted by Gasteiger charge is 2.36. The zero-order valence-electron chi connectivity index (χ0n) is 22.3. The average molecular weight is 601 g/mol. The number of halogens is 6. The molecule has 0 aliphatic heterocycles. The van der Waals surface area contributed by atoms with E-state index in [9.17, 15) is 35.9 Å². The molecule has 0 radical (unpaired) electrons. The molecule has 0 bridgehead atoms. The van der Waals surface area contributed by atoms with Gasteiger partial charge in [-0.15, -0.1) is 0 Å². The second-order valence-electron chi connectivity index (χ2n) is 8.71. The number of unbranched alkanes of at least 4 members (excludes halogenated alkanes) is 2. The monoisotopic (exact) mass is 600 g/mol. The molecule has 3 aromatic heterocycles. The van der Waals surface area contributed by atoms with Gasteiger partial charge in [0, 0.05) is 6.54 Å². The van der Waals surface area contributed by atoms with Gasteiger partial charge in [0.05, 0.1) is 54.5 Å². The normalized spacial score (nSPS) is 11.4. The molecule has 11 nitrogen and oxygen atoms in total. The Balaban J connectivity index is 0.000000337. The Bertz CT molecular complexity index is 1640. The zero-order valence-corrected chi connectivity index (χ0v) is 22.3. The molecule has 0 atom stereocenters. The van der Waals surface area contributed by atoms with Crippen LogP contribution in [0, 0.1) is 5.82 Å². The fraction of sp³-hybridized carbons (Fsp3) is 0.360. The highest BCUT2D eigenvalue weighted by molar-refractivity contribution is 5.82. The van der Waals surface area contributed by atoms with E-state index in [0.717, 1.165) is 31.5 Å². The molecule has 1 aromatic carbocycles. The molecule has 4 aromatic rings. The highest BCUT2D eigenvalue weighted by atomic mass is 19.4. The number of H-pyrrole nitrogens is 1. The van der Waals surface area contributed by atoms with Gasteiger partial charge in [0.15, 0.2) is 17.4 Å². The molecule has 4 N–H and O–H groups in total. The van der Waals surface area contributed by atoms with Crippen LogP contribution >= 0.6 is 0 Å². The van der Waals surface area contributed by atoms with Gasteiger partial charge in [0.2, 0.25) is 0 Å². The van der Waals surface area contributed by atoms with E-state index in [-0.39, 0.29) is 33.9 Å². The van der Waals surface area contributed by atoms with Crippen LogP contribution in [0.3, 0.4) is 0 Å². The Hall–Kier alpha value is -4.70. The Kier molecular flexibility index (Phi) is 10.4. The van der Waals surface area contributed by atoms with Crippen molar-refractivity contribution in [3.63, 3.8) is 0 Å². The Morgan fingerprint density at radius 2 is 1.88 bits per heavy atom. The number of nitrogens with zero attached hydrogens (tertiary/aromatic N) is 5. The summed E-state index contributed by atoms with van der Waals surface area (Å²) in [6.07, 6.45) is -1.07. The number of ether oxygens (including phenoxy) is 1. The first-order chi connectivity index (χ1) is 19.9. The van der Waals surface area contributed by atoms with E-state index in [1.807, 2.05) is 0 Å². The Morgan fingerprint density at radius 1 is 1.14 bits per heavy atom. The number of aromatic nitrogens is 6. The molecular formula is C25H26F6N8O3. The van der Waals surface area contributed by atoms with Crippen LogP contribution in [-0.4, -0.2) is 49.8 Å². The minimum atomic E-state index is -4.74. The quantitative estimate of drug-likeness (QED) is 0.189. The minimum absolute atomic E-state index is 0.000818. The lowest BCUT2D eigenvalue weighted by atomic mass is 10.1. The number of alkyl halides is 5. The molecular weight excluding hydrogens is 574 g/mol. The number of anilines is 2. The fourth-order valence-electron chi connectivity index (χ4n) is 3.70. The van der Waals surface area contributed by atoms with Gasteiger partial charge in [0.1, 0.15) is 11.4 Å². The molecule has 0 unspecified atom stereocenters. The van der Waals surface area contributed by atoms with Crippen LogP contribution in [0.25, 0.3) is 22.3 Å². The van der Waals surface area contributed by atoms with Crippen LogP contribution in [0.4, 0.5) is 37.8 Å². The van der Waals surface area contributed by atoms with Crippen molar-refractivity contribution in [3.05, 3.63) is 62.9 Å². The van der Waals surface area contributed by atoms with E-state index in [1.54, 1.807) is 5.10 Å². The third-order valence-corrected chi connectivity index (χ3v) is 5.72. The number of rotatable bonds is 9. The van der Waals surface area contributed by atoms with Gasteiger partial charge in [-0.1, -0.05) is 19.8 Å².